The fourth-order valence-electron chi connectivity index (χ4n) is 4.98. The Balaban J connectivity index is 2.17. The molecule has 3 atom stereocenters. The number of carbonyl (C=O) groups is 1. The first-order valence-corrected chi connectivity index (χ1v) is 11.3. The van der Waals surface area contributed by atoms with Crippen LogP contribution in [0.5, 0.6) is 0 Å². The molecule has 1 aliphatic rings. The highest BCUT2D eigenvalue weighted by Crippen LogP contribution is 2.45. The van der Waals surface area contributed by atoms with E-state index < -0.39 is 53.0 Å². The zero-order chi connectivity index (χ0) is 26.0. The number of benzene rings is 2. The normalized spacial score (nSPS) is 18.1. The molecule has 0 saturated carbocycles. The van der Waals surface area contributed by atoms with Crippen LogP contribution in [-0.4, -0.2) is 26.0 Å². The van der Waals surface area contributed by atoms with Crippen LogP contribution in [0.3, 0.4) is 0 Å². The quantitative estimate of drug-likeness (QED) is 0.466. The van der Waals surface area contributed by atoms with E-state index in [4.69, 9.17) is 0 Å². The maximum Gasteiger partial charge on any atom is 0.416 e. The number of rotatable bonds is 6. The molecule has 192 valence electrons. The van der Waals surface area contributed by atoms with Crippen LogP contribution in [0.25, 0.3) is 0 Å². The molecule has 1 aliphatic heterocycles. The van der Waals surface area contributed by atoms with Gasteiger partial charge in [0.2, 0.25) is 5.91 Å². The smallest absolute Gasteiger partial charge is 0.359 e. The van der Waals surface area contributed by atoms with Gasteiger partial charge in [-0.05, 0) is 85.1 Å². The zero-order valence-electron chi connectivity index (χ0n) is 19.2. The van der Waals surface area contributed by atoms with E-state index in [2.05, 4.69) is 10.6 Å². The number of hydrogen-bond acceptors (Lipinski definition) is 2. The topological polar surface area (TPSA) is 41.1 Å². The second kappa shape index (κ2) is 10.6. The second-order valence-corrected chi connectivity index (χ2v) is 8.93. The van der Waals surface area contributed by atoms with Crippen LogP contribution in [0.15, 0.2) is 42.5 Å². The van der Waals surface area contributed by atoms with Crippen LogP contribution in [-0.2, 0) is 17.1 Å². The third-order valence-corrected chi connectivity index (χ3v) is 6.76. The molecule has 1 heterocycles. The van der Waals surface area contributed by atoms with Crippen molar-refractivity contribution in [3.05, 3.63) is 70.5 Å². The van der Waals surface area contributed by atoms with E-state index in [1.807, 2.05) is 0 Å². The van der Waals surface area contributed by atoms with Gasteiger partial charge in [0.1, 0.15) is 5.82 Å². The van der Waals surface area contributed by atoms with E-state index in [0.717, 1.165) is 0 Å². The first-order valence-electron chi connectivity index (χ1n) is 11.3. The number of carbonyl (C=O) groups excluding carboxylic acids is 1. The van der Waals surface area contributed by atoms with E-state index >= 15 is 0 Å². The van der Waals surface area contributed by atoms with Crippen molar-refractivity contribution in [2.45, 2.75) is 44.0 Å². The molecule has 1 fully saturated rings. The van der Waals surface area contributed by atoms with E-state index in [9.17, 15) is 35.5 Å². The van der Waals surface area contributed by atoms with E-state index in [-0.39, 0.29) is 17.5 Å². The van der Waals surface area contributed by atoms with Gasteiger partial charge in [-0.1, -0.05) is 19.1 Å². The molecule has 3 unspecified atom stereocenters. The van der Waals surface area contributed by atoms with Crippen molar-refractivity contribution in [3.8, 4) is 0 Å². The Labute approximate surface area is 199 Å². The maximum atomic E-state index is 13.7. The summed E-state index contributed by atoms with van der Waals surface area (Å²) in [4.78, 5) is 13.2. The Kier molecular flexibility index (Phi) is 8.14. The van der Waals surface area contributed by atoms with Gasteiger partial charge in [-0.2, -0.15) is 26.3 Å². The van der Waals surface area contributed by atoms with E-state index in [1.165, 1.54) is 38.2 Å². The lowest BCUT2D eigenvalue weighted by molar-refractivity contribution is -0.143. The molecule has 2 aromatic carbocycles. The van der Waals surface area contributed by atoms with Gasteiger partial charge in [0.15, 0.2) is 0 Å². The molecule has 3 nitrogen and oxygen atoms in total. The van der Waals surface area contributed by atoms with Gasteiger partial charge in [0.25, 0.3) is 0 Å². The number of halogens is 7. The van der Waals surface area contributed by atoms with Crippen molar-refractivity contribution in [2.75, 3.05) is 20.1 Å². The number of amides is 1. The van der Waals surface area contributed by atoms with Crippen molar-refractivity contribution in [3.63, 3.8) is 0 Å². The van der Waals surface area contributed by atoms with Gasteiger partial charge in [0.05, 0.1) is 17.0 Å². The summed E-state index contributed by atoms with van der Waals surface area (Å²) in [6.07, 6.45) is -8.69. The van der Waals surface area contributed by atoms with Gasteiger partial charge >= 0.3 is 12.4 Å². The zero-order valence-corrected chi connectivity index (χ0v) is 19.2. The van der Waals surface area contributed by atoms with Crippen molar-refractivity contribution < 1.29 is 35.5 Å². The average molecular weight is 504 g/mol. The van der Waals surface area contributed by atoms with Gasteiger partial charge in [-0.25, -0.2) is 4.39 Å². The molecule has 0 aromatic heterocycles. The number of hydrogen-bond donors (Lipinski definition) is 2. The molecule has 3 rings (SSSR count). The molecule has 0 spiro atoms. The fourth-order valence-corrected chi connectivity index (χ4v) is 4.98. The predicted octanol–water partition coefficient (Wildman–Crippen LogP) is 6.11. The number of piperidine rings is 1. The summed E-state index contributed by atoms with van der Waals surface area (Å²) >= 11 is 0. The van der Waals surface area contributed by atoms with Crippen LogP contribution < -0.4 is 10.6 Å². The highest BCUT2D eigenvalue weighted by Gasteiger charge is 2.42. The summed E-state index contributed by atoms with van der Waals surface area (Å²) < 4.78 is 94.6. The summed E-state index contributed by atoms with van der Waals surface area (Å²) in [5, 5.41) is 5.74. The monoisotopic (exact) mass is 504 g/mol. The molecule has 35 heavy (non-hydrogen) atoms. The van der Waals surface area contributed by atoms with Crippen molar-refractivity contribution >= 4 is 5.91 Å². The van der Waals surface area contributed by atoms with E-state index in [1.54, 1.807) is 0 Å². The minimum atomic E-state index is -5.00. The molecule has 1 saturated heterocycles. The highest BCUT2D eigenvalue weighted by molar-refractivity contribution is 5.80. The summed E-state index contributed by atoms with van der Waals surface area (Å²) in [5.41, 5.74) is -2.47. The molecule has 1 amide bonds. The Morgan fingerprint density at radius 2 is 1.43 bits per heavy atom. The van der Waals surface area contributed by atoms with Gasteiger partial charge in [-0.15, -0.1) is 0 Å². The van der Waals surface area contributed by atoms with Crippen LogP contribution in [0.4, 0.5) is 30.7 Å². The van der Waals surface area contributed by atoms with Gasteiger partial charge in [-0.3, -0.25) is 4.79 Å². The SMILES string of the molecule is CNC(=O)C(C(C)c1cc(C(F)(F)F)cc(C(F)(F)F)c1)C(c1ccc(F)cc1)C1CCNCC1. The summed E-state index contributed by atoms with van der Waals surface area (Å²) in [6.45, 7) is 2.77. The molecule has 0 bridgehead atoms. The molecule has 0 aliphatic carbocycles. The summed E-state index contributed by atoms with van der Waals surface area (Å²) in [5.74, 6) is -3.61. The van der Waals surface area contributed by atoms with Gasteiger partial charge in [0, 0.05) is 7.05 Å². The Hall–Kier alpha value is -2.62. The van der Waals surface area contributed by atoms with Crippen LogP contribution in [0.2, 0.25) is 0 Å². The van der Waals surface area contributed by atoms with Crippen LogP contribution in [0, 0.1) is 17.7 Å². The highest BCUT2D eigenvalue weighted by atomic mass is 19.4. The maximum absolute atomic E-state index is 13.7. The van der Waals surface area contributed by atoms with Crippen LogP contribution in [0.1, 0.15) is 53.9 Å². The number of nitrogens with one attached hydrogen (secondary N) is 2. The van der Waals surface area contributed by atoms with Crippen molar-refractivity contribution in [1.82, 2.24) is 10.6 Å². The summed E-state index contributed by atoms with van der Waals surface area (Å²) in [6, 6.07) is 6.97. The van der Waals surface area contributed by atoms with E-state index in [0.29, 0.717) is 43.6 Å². The molecule has 2 aromatic rings. The predicted molar refractivity (Wildman–Crippen MR) is 117 cm³/mol. The third kappa shape index (κ3) is 6.34. The third-order valence-electron chi connectivity index (χ3n) is 6.76. The summed E-state index contributed by atoms with van der Waals surface area (Å²) in [7, 11) is 1.37. The minimum absolute atomic E-state index is 0.0787. The minimum Gasteiger partial charge on any atom is -0.359 e. The van der Waals surface area contributed by atoms with Crippen LogP contribution >= 0.6 is 0 Å². The number of alkyl halides is 6. The first kappa shape index (κ1) is 27.0. The largest absolute Gasteiger partial charge is 0.416 e. The molecule has 0 radical (unpaired) electrons. The fraction of sp³-hybridized carbons (Fsp3) is 0.480. The first-order chi connectivity index (χ1) is 16.3. The molecular formula is C25H27F7N2O. The van der Waals surface area contributed by atoms with Crippen molar-refractivity contribution in [1.29, 1.82) is 0 Å². The average Bonchev–Trinajstić information content (AvgIpc) is 2.81. The van der Waals surface area contributed by atoms with Crippen molar-refractivity contribution in [2.24, 2.45) is 11.8 Å². The lowest BCUT2D eigenvalue weighted by Crippen LogP contribution is -2.41. The molecular weight excluding hydrogens is 477 g/mol. The molecule has 2 N–H and O–H groups in total. The molecule has 10 heteroatoms. The Morgan fingerprint density at radius 1 is 0.914 bits per heavy atom. The van der Waals surface area contributed by atoms with Gasteiger partial charge < -0.3 is 10.6 Å². The Morgan fingerprint density at radius 3 is 1.89 bits per heavy atom. The second-order valence-electron chi connectivity index (χ2n) is 8.93. The Bertz CT molecular complexity index is 980. The lowest BCUT2D eigenvalue weighted by Gasteiger charge is -2.38. The standard InChI is InChI=1S/C25H27F7N2O/c1-14(17-11-18(24(27,28)29)13-19(12-17)25(30,31)32)21(23(35)33-2)22(16-7-9-34-10-8-16)15-3-5-20(26)6-4-15/h3-6,11-14,16,21-22,34H,7-10H2,1-2H3,(H,33,35). The lowest BCUT2D eigenvalue weighted by atomic mass is 9.67.